The van der Waals surface area contributed by atoms with Gasteiger partial charge in [-0.1, -0.05) is 23.3 Å². The van der Waals surface area contributed by atoms with E-state index in [0.717, 1.165) is 41.0 Å². The zero-order chi connectivity index (χ0) is 21.3. The fraction of sp³-hybridized carbons (Fsp3) is 0.417. The number of hydrogen-bond donors (Lipinski definition) is 0. The van der Waals surface area contributed by atoms with Gasteiger partial charge < -0.3 is 19.3 Å². The number of nitrogens with zero attached hydrogens (tertiary/aromatic N) is 2. The van der Waals surface area contributed by atoms with Gasteiger partial charge in [-0.3, -0.25) is 9.59 Å². The second-order valence-corrected chi connectivity index (χ2v) is 8.35. The molecule has 0 spiro atoms. The predicted molar refractivity (Wildman–Crippen MR) is 114 cm³/mol. The van der Waals surface area contributed by atoms with Gasteiger partial charge in [0, 0.05) is 32.2 Å². The first-order valence-electron chi connectivity index (χ1n) is 10.4. The lowest BCUT2D eigenvalue weighted by molar-refractivity contribution is -0.136. The second-order valence-electron chi connectivity index (χ2n) is 8.35. The van der Waals surface area contributed by atoms with Gasteiger partial charge in [0.25, 0.3) is 5.91 Å². The maximum Gasteiger partial charge on any atom is 0.253 e. The average Bonchev–Trinajstić information content (AvgIpc) is 3.20. The molecule has 2 heterocycles. The molecule has 2 aromatic carbocycles. The van der Waals surface area contributed by atoms with E-state index in [1.54, 1.807) is 4.90 Å². The molecule has 1 atom stereocenters. The summed E-state index contributed by atoms with van der Waals surface area (Å²) in [5.41, 5.74) is 3.85. The summed E-state index contributed by atoms with van der Waals surface area (Å²) in [4.78, 5) is 29.7. The number of fused-ring (bicyclic) bond motifs is 1. The van der Waals surface area contributed by atoms with Crippen molar-refractivity contribution >= 4 is 11.8 Å². The van der Waals surface area contributed by atoms with Crippen LogP contribution < -0.4 is 9.47 Å². The average molecular weight is 408 g/mol. The smallest absolute Gasteiger partial charge is 0.253 e. The molecule has 4 rings (SSSR count). The van der Waals surface area contributed by atoms with Crippen LogP contribution in [0.4, 0.5) is 0 Å². The molecule has 0 saturated carbocycles. The number of ether oxygens (including phenoxy) is 2. The van der Waals surface area contributed by atoms with Crippen molar-refractivity contribution in [2.45, 2.75) is 33.2 Å². The van der Waals surface area contributed by atoms with Crippen LogP contribution in [0.3, 0.4) is 0 Å². The zero-order valence-electron chi connectivity index (χ0n) is 17.8. The van der Waals surface area contributed by atoms with Crippen molar-refractivity contribution in [1.82, 2.24) is 9.80 Å². The van der Waals surface area contributed by atoms with Crippen LogP contribution in [0.2, 0.25) is 0 Å². The van der Waals surface area contributed by atoms with Gasteiger partial charge in [-0.15, -0.1) is 0 Å². The molecule has 2 aliphatic rings. The lowest BCUT2D eigenvalue weighted by Gasteiger charge is -2.34. The van der Waals surface area contributed by atoms with Crippen LogP contribution in [0, 0.1) is 19.8 Å². The number of benzene rings is 2. The molecule has 2 amide bonds. The molecular formula is C24H28N2O4. The Morgan fingerprint density at radius 2 is 1.80 bits per heavy atom. The van der Waals surface area contributed by atoms with Crippen molar-refractivity contribution in [3.63, 3.8) is 0 Å². The van der Waals surface area contributed by atoms with Crippen LogP contribution in [-0.4, -0.2) is 48.5 Å². The minimum absolute atomic E-state index is 0.0118. The van der Waals surface area contributed by atoms with Gasteiger partial charge in [0.05, 0.1) is 5.92 Å². The lowest BCUT2D eigenvalue weighted by atomic mass is 9.95. The number of rotatable bonds is 4. The Balaban J connectivity index is 1.40. The minimum atomic E-state index is -0.174. The summed E-state index contributed by atoms with van der Waals surface area (Å²) in [6.45, 7) is 5.89. The molecule has 2 aliphatic heterocycles. The molecule has 30 heavy (non-hydrogen) atoms. The van der Waals surface area contributed by atoms with Gasteiger partial charge in [-0.2, -0.15) is 0 Å². The molecule has 6 nitrogen and oxygen atoms in total. The Labute approximate surface area is 177 Å². The maximum absolute atomic E-state index is 13.1. The summed E-state index contributed by atoms with van der Waals surface area (Å²) in [7, 11) is 1.82. The van der Waals surface area contributed by atoms with Crippen LogP contribution in [0.1, 0.15) is 39.9 Å². The monoisotopic (exact) mass is 408 g/mol. The van der Waals surface area contributed by atoms with Gasteiger partial charge in [0.1, 0.15) is 0 Å². The molecule has 0 bridgehead atoms. The SMILES string of the molecule is Cc1cc(C)cc(C(=O)N2CCCC(C(=O)N(C)Cc3ccc4c(c3)OCO4)C2)c1. The van der Waals surface area contributed by atoms with Crippen molar-refractivity contribution < 1.29 is 19.1 Å². The number of amides is 2. The van der Waals surface area contributed by atoms with Crippen molar-refractivity contribution in [2.24, 2.45) is 5.92 Å². The largest absolute Gasteiger partial charge is 0.454 e. The van der Waals surface area contributed by atoms with Crippen LogP contribution in [-0.2, 0) is 11.3 Å². The van der Waals surface area contributed by atoms with Crippen LogP contribution in [0.25, 0.3) is 0 Å². The Kier molecular flexibility index (Phi) is 5.66. The fourth-order valence-electron chi connectivity index (χ4n) is 4.35. The third kappa shape index (κ3) is 4.27. The van der Waals surface area contributed by atoms with Crippen molar-refractivity contribution in [1.29, 1.82) is 0 Å². The maximum atomic E-state index is 13.1. The van der Waals surface area contributed by atoms with Gasteiger partial charge in [-0.25, -0.2) is 0 Å². The molecular weight excluding hydrogens is 380 g/mol. The highest BCUT2D eigenvalue weighted by atomic mass is 16.7. The molecule has 0 N–H and O–H groups in total. The number of likely N-dealkylation sites (tertiary alicyclic amines) is 1. The van der Waals surface area contributed by atoms with Crippen LogP contribution in [0.5, 0.6) is 11.5 Å². The topological polar surface area (TPSA) is 59.1 Å². The molecule has 1 unspecified atom stereocenters. The number of carbonyl (C=O) groups is 2. The minimum Gasteiger partial charge on any atom is -0.454 e. The van der Waals surface area contributed by atoms with Gasteiger partial charge >= 0.3 is 0 Å². The zero-order valence-corrected chi connectivity index (χ0v) is 17.8. The molecule has 0 aliphatic carbocycles. The number of hydrogen-bond acceptors (Lipinski definition) is 4. The summed E-state index contributed by atoms with van der Waals surface area (Å²) in [5.74, 6) is 1.37. The fourth-order valence-corrected chi connectivity index (χ4v) is 4.35. The van der Waals surface area contributed by atoms with E-state index in [1.807, 2.05) is 56.1 Å². The first-order valence-corrected chi connectivity index (χ1v) is 10.4. The first-order chi connectivity index (χ1) is 14.4. The second kappa shape index (κ2) is 8.38. The highest BCUT2D eigenvalue weighted by Gasteiger charge is 2.31. The summed E-state index contributed by atoms with van der Waals surface area (Å²) < 4.78 is 10.8. The third-order valence-corrected chi connectivity index (χ3v) is 5.76. The van der Waals surface area contributed by atoms with E-state index in [9.17, 15) is 9.59 Å². The highest BCUT2D eigenvalue weighted by Crippen LogP contribution is 2.33. The van der Waals surface area contributed by atoms with Crippen molar-refractivity contribution in [3.8, 4) is 11.5 Å². The Bertz CT molecular complexity index is 951. The van der Waals surface area contributed by atoms with Crippen LogP contribution in [0.15, 0.2) is 36.4 Å². The standard InChI is InChI=1S/C24H28N2O4/c1-16-9-17(2)11-20(10-16)24(28)26-8-4-5-19(14-26)23(27)25(3)13-18-6-7-21-22(12-18)30-15-29-21/h6-7,9-12,19H,4-5,8,13-15H2,1-3H3. The van der Waals surface area contributed by atoms with E-state index in [-0.39, 0.29) is 24.5 Å². The summed E-state index contributed by atoms with van der Waals surface area (Å²) in [6, 6.07) is 11.7. The lowest BCUT2D eigenvalue weighted by Crippen LogP contribution is -2.45. The van der Waals surface area contributed by atoms with Crippen molar-refractivity contribution in [2.75, 3.05) is 26.9 Å². The number of carbonyl (C=O) groups excluding carboxylic acids is 2. The number of piperidine rings is 1. The van der Waals surface area contributed by atoms with Crippen LogP contribution >= 0.6 is 0 Å². The predicted octanol–water partition coefficient (Wildman–Crippen LogP) is 3.54. The summed E-state index contributed by atoms with van der Waals surface area (Å²) >= 11 is 0. The Morgan fingerprint density at radius 3 is 2.57 bits per heavy atom. The molecule has 0 aromatic heterocycles. The molecule has 158 valence electrons. The molecule has 1 saturated heterocycles. The van der Waals surface area contributed by atoms with E-state index < -0.39 is 0 Å². The van der Waals surface area contributed by atoms with Gasteiger partial charge in [0.2, 0.25) is 12.7 Å². The molecule has 0 radical (unpaired) electrons. The van der Waals surface area contributed by atoms with Crippen molar-refractivity contribution in [3.05, 3.63) is 58.7 Å². The summed E-state index contributed by atoms with van der Waals surface area (Å²) in [6.07, 6.45) is 1.64. The molecule has 2 aromatic rings. The van der Waals surface area contributed by atoms with E-state index in [4.69, 9.17) is 9.47 Å². The quantitative estimate of drug-likeness (QED) is 0.776. The normalized spacial score (nSPS) is 17.7. The van der Waals surface area contributed by atoms with E-state index in [2.05, 4.69) is 6.07 Å². The highest BCUT2D eigenvalue weighted by molar-refractivity contribution is 5.95. The Morgan fingerprint density at radius 1 is 1.07 bits per heavy atom. The van der Waals surface area contributed by atoms with E-state index in [0.29, 0.717) is 25.2 Å². The van der Waals surface area contributed by atoms with Gasteiger partial charge in [-0.05, 0) is 56.5 Å². The Hall–Kier alpha value is -3.02. The van der Waals surface area contributed by atoms with E-state index >= 15 is 0 Å². The van der Waals surface area contributed by atoms with E-state index in [1.165, 1.54) is 0 Å². The first kappa shape index (κ1) is 20.3. The summed E-state index contributed by atoms with van der Waals surface area (Å²) in [5, 5.41) is 0. The third-order valence-electron chi connectivity index (χ3n) is 5.76. The number of aryl methyl sites for hydroxylation is 2. The molecule has 1 fully saturated rings. The molecule has 6 heteroatoms. The van der Waals surface area contributed by atoms with Gasteiger partial charge in [0.15, 0.2) is 11.5 Å².